The first kappa shape index (κ1) is 22.0. The maximum absolute atomic E-state index is 13.4. The zero-order valence-corrected chi connectivity index (χ0v) is 18.0. The lowest BCUT2D eigenvalue weighted by molar-refractivity contribution is -0.119. The molecule has 0 aliphatic carbocycles. The fourth-order valence-corrected chi connectivity index (χ4v) is 3.58. The zero-order chi connectivity index (χ0) is 23.4. The van der Waals surface area contributed by atoms with Gasteiger partial charge >= 0.3 is 0 Å². The third kappa shape index (κ3) is 5.15. The van der Waals surface area contributed by atoms with Gasteiger partial charge in [0, 0.05) is 18.2 Å². The molecule has 4 aromatic rings. The van der Waals surface area contributed by atoms with Crippen molar-refractivity contribution in [2.24, 2.45) is 5.73 Å². The maximum Gasteiger partial charge on any atom is 0.255 e. The number of aromatic nitrogens is 2. The Morgan fingerprint density at radius 1 is 1.03 bits per heavy atom. The van der Waals surface area contributed by atoms with Crippen LogP contribution in [0.5, 0.6) is 0 Å². The van der Waals surface area contributed by atoms with Crippen molar-refractivity contribution in [3.05, 3.63) is 108 Å². The van der Waals surface area contributed by atoms with Crippen molar-refractivity contribution in [3.8, 4) is 16.9 Å². The highest BCUT2D eigenvalue weighted by molar-refractivity contribution is 6.02. The van der Waals surface area contributed by atoms with E-state index in [0.29, 0.717) is 11.4 Å². The lowest BCUT2D eigenvalue weighted by Gasteiger charge is -2.15. The summed E-state index contributed by atoms with van der Waals surface area (Å²) in [4.78, 5) is 25.4. The molecule has 33 heavy (non-hydrogen) atoms. The number of hydrogen-bond donors (Lipinski definition) is 2. The van der Waals surface area contributed by atoms with Gasteiger partial charge in [0.1, 0.15) is 17.6 Å². The molecule has 0 fully saturated rings. The Hall–Kier alpha value is -4.26. The third-order valence-corrected chi connectivity index (χ3v) is 5.27. The second kappa shape index (κ2) is 9.48. The van der Waals surface area contributed by atoms with E-state index in [1.165, 1.54) is 16.8 Å². The van der Waals surface area contributed by atoms with Gasteiger partial charge in [0.05, 0.1) is 11.3 Å². The fourth-order valence-electron chi connectivity index (χ4n) is 3.58. The van der Waals surface area contributed by atoms with Crippen LogP contribution in [0, 0.1) is 12.7 Å². The van der Waals surface area contributed by atoms with Crippen LogP contribution in [0.3, 0.4) is 0 Å². The number of benzene rings is 3. The van der Waals surface area contributed by atoms with E-state index >= 15 is 0 Å². The molecule has 0 bridgehead atoms. The van der Waals surface area contributed by atoms with Crippen LogP contribution < -0.4 is 11.1 Å². The number of amides is 2. The number of hydrogen-bond acceptors (Lipinski definition) is 3. The minimum atomic E-state index is -0.889. The second-order valence-corrected chi connectivity index (χ2v) is 7.80. The summed E-state index contributed by atoms with van der Waals surface area (Å²) in [6.45, 7) is 1.95. The zero-order valence-electron chi connectivity index (χ0n) is 18.0. The Morgan fingerprint density at radius 2 is 1.76 bits per heavy atom. The van der Waals surface area contributed by atoms with Crippen LogP contribution in [-0.4, -0.2) is 27.6 Å². The van der Waals surface area contributed by atoms with E-state index in [-0.39, 0.29) is 17.8 Å². The van der Waals surface area contributed by atoms with Gasteiger partial charge in [-0.25, -0.2) is 9.07 Å². The van der Waals surface area contributed by atoms with E-state index in [0.717, 1.165) is 16.7 Å². The lowest BCUT2D eigenvalue weighted by atomic mass is 10.0. The Bertz CT molecular complexity index is 1280. The van der Waals surface area contributed by atoms with Crippen molar-refractivity contribution in [1.82, 2.24) is 15.1 Å². The first-order chi connectivity index (χ1) is 15.9. The molecule has 0 saturated carbocycles. The average Bonchev–Trinajstić information content (AvgIpc) is 3.25. The average molecular weight is 442 g/mol. The molecule has 0 radical (unpaired) electrons. The highest BCUT2D eigenvalue weighted by Crippen LogP contribution is 2.25. The molecule has 0 aliphatic heterocycles. The molecule has 166 valence electrons. The van der Waals surface area contributed by atoms with Crippen LogP contribution in [-0.2, 0) is 11.2 Å². The summed E-state index contributed by atoms with van der Waals surface area (Å²) >= 11 is 0. The third-order valence-electron chi connectivity index (χ3n) is 5.27. The molecule has 1 heterocycles. The molecular weight excluding hydrogens is 419 g/mol. The minimum absolute atomic E-state index is 0.272. The van der Waals surface area contributed by atoms with Crippen molar-refractivity contribution in [1.29, 1.82) is 0 Å². The molecule has 0 aliphatic rings. The summed E-state index contributed by atoms with van der Waals surface area (Å²) in [5.41, 5.74) is 9.54. The number of carbonyl (C=O) groups is 2. The van der Waals surface area contributed by atoms with Crippen LogP contribution in [0.15, 0.2) is 85.1 Å². The van der Waals surface area contributed by atoms with Crippen molar-refractivity contribution in [3.63, 3.8) is 0 Å². The molecule has 1 unspecified atom stereocenters. The summed E-state index contributed by atoms with van der Waals surface area (Å²) in [5, 5.41) is 7.35. The summed E-state index contributed by atoms with van der Waals surface area (Å²) in [5.74, 6) is -1.47. The van der Waals surface area contributed by atoms with E-state index in [2.05, 4.69) is 10.4 Å². The smallest absolute Gasteiger partial charge is 0.255 e. The highest BCUT2D eigenvalue weighted by Gasteiger charge is 2.24. The molecule has 2 amide bonds. The monoisotopic (exact) mass is 442 g/mol. The Labute approximate surface area is 190 Å². The standard InChI is InChI=1S/C26H23FN4O2/c1-17-6-5-9-19(14-17)24-22(16-31(30-24)21-12-10-20(27)11-13-21)26(33)29-23(25(28)32)15-18-7-3-2-4-8-18/h2-14,16,23H,15H2,1H3,(H2,28,32)(H,29,33). The van der Waals surface area contributed by atoms with Gasteiger partial charge in [-0.05, 0) is 42.8 Å². The number of nitrogens with two attached hydrogens (primary N) is 1. The van der Waals surface area contributed by atoms with E-state index in [1.54, 1.807) is 18.3 Å². The molecule has 3 N–H and O–H groups in total. The SMILES string of the molecule is Cc1cccc(-c2nn(-c3ccc(F)cc3)cc2C(=O)NC(Cc2ccccc2)C(N)=O)c1. The van der Waals surface area contributed by atoms with E-state index in [4.69, 9.17) is 5.73 Å². The van der Waals surface area contributed by atoms with E-state index in [9.17, 15) is 14.0 Å². The van der Waals surface area contributed by atoms with Crippen molar-refractivity contribution in [2.45, 2.75) is 19.4 Å². The number of rotatable bonds is 7. The Kier molecular flexibility index (Phi) is 6.31. The van der Waals surface area contributed by atoms with Gasteiger partial charge < -0.3 is 11.1 Å². The second-order valence-electron chi connectivity index (χ2n) is 7.80. The lowest BCUT2D eigenvalue weighted by Crippen LogP contribution is -2.45. The number of nitrogens with zero attached hydrogens (tertiary/aromatic N) is 2. The number of nitrogens with one attached hydrogen (secondary N) is 1. The maximum atomic E-state index is 13.4. The number of carbonyl (C=O) groups excluding carboxylic acids is 2. The van der Waals surface area contributed by atoms with Crippen LogP contribution in [0.1, 0.15) is 21.5 Å². The first-order valence-corrected chi connectivity index (χ1v) is 10.5. The molecular formula is C26H23FN4O2. The molecule has 7 heteroatoms. The fraction of sp³-hybridized carbons (Fsp3) is 0.115. The van der Waals surface area contributed by atoms with Crippen molar-refractivity contribution < 1.29 is 14.0 Å². The van der Waals surface area contributed by atoms with Gasteiger partial charge in [-0.1, -0.05) is 54.1 Å². The summed E-state index contributed by atoms with van der Waals surface area (Å²) in [6.07, 6.45) is 1.84. The topological polar surface area (TPSA) is 90.0 Å². The summed E-state index contributed by atoms with van der Waals surface area (Å²) < 4.78 is 14.9. The van der Waals surface area contributed by atoms with Gasteiger partial charge in [-0.3, -0.25) is 9.59 Å². The van der Waals surface area contributed by atoms with Crippen LogP contribution in [0.25, 0.3) is 16.9 Å². The quantitative estimate of drug-likeness (QED) is 0.456. The molecule has 0 saturated heterocycles. The predicted molar refractivity (Wildman–Crippen MR) is 124 cm³/mol. The number of aryl methyl sites for hydroxylation is 1. The normalized spacial score (nSPS) is 11.7. The summed E-state index contributed by atoms with van der Waals surface area (Å²) in [7, 11) is 0. The molecule has 4 rings (SSSR count). The summed E-state index contributed by atoms with van der Waals surface area (Å²) in [6, 6.07) is 21.8. The van der Waals surface area contributed by atoms with Gasteiger partial charge in [0.15, 0.2) is 0 Å². The highest BCUT2D eigenvalue weighted by atomic mass is 19.1. The Balaban J connectivity index is 1.70. The first-order valence-electron chi connectivity index (χ1n) is 10.5. The predicted octanol–water partition coefficient (Wildman–Crippen LogP) is 3.81. The Morgan fingerprint density at radius 3 is 2.42 bits per heavy atom. The van der Waals surface area contributed by atoms with Crippen LogP contribution in [0.4, 0.5) is 4.39 Å². The van der Waals surface area contributed by atoms with Crippen molar-refractivity contribution >= 4 is 11.8 Å². The number of primary amides is 1. The number of halogens is 1. The van der Waals surface area contributed by atoms with Gasteiger partial charge in [0.25, 0.3) is 5.91 Å². The largest absolute Gasteiger partial charge is 0.368 e. The van der Waals surface area contributed by atoms with Gasteiger partial charge in [0.2, 0.25) is 5.91 Å². The molecule has 6 nitrogen and oxygen atoms in total. The van der Waals surface area contributed by atoms with Gasteiger partial charge in [-0.15, -0.1) is 0 Å². The molecule has 1 atom stereocenters. The minimum Gasteiger partial charge on any atom is -0.368 e. The van der Waals surface area contributed by atoms with Crippen LogP contribution >= 0.6 is 0 Å². The van der Waals surface area contributed by atoms with Crippen LogP contribution in [0.2, 0.25) is 0 Å². The van der Waals surface area contributed by atoms with E-state index in [1.807, 2.05) is 61.5 Å². The van der Waals surface area contributed by atoms with E-state index < -0.39 is 17.9 Å². The molecule has 0 spiro atoms. The van der Waals surface area contributed by atoms with Gasteiger partial charge in [-0.2, -0.15) is 5.10 Å². The van der Waals surface area contributed by atoms with Crippen molar-refractivity contribution in [2.75, 3.05) is 0 Å². The molecule has 1 aromatic heterocycles. The molecule has 3 aromatic carbocycles.